The molecule has 0 amide bonds. The van der Waals surface area contributed by atoms with Crippen molar-refractivity contribution in [2.24, 2.45) is 0 Å². The maximum Gasteiger partial charge on any atom is 0.104 e. The summed E-state index contributed by atoms with van der Waals surface area (Å²) >= 11 is 0. The predicted molar refractivity (Wildman–Crippen MR) is 144 cm³/mol. The van der Waals surface area contributed by atoms with Crippen LogP contribution in [0.25, 0.3) is 21.5 Å². The van der Waals surface area contributed by atoms with E-state index < -0.39 is 0 Å². The summed E-state index contributed by atoms with van der Waals surface area (Å²) in [7, 11) is 0. The molecule has 2 aliphatic rings. The van der Waals surface area contributed by atoms with Gasteiger partial charge in [-0.15, -0.1) is 0 Å². The third-order valence-corrected chi connectivity index (χ3v) is 7.37. The molecule has 4 aromatic carbocycles. The summed E-state index contributed by atoms with van der Waals surface area (Å²) in [5.74, 6) is 0. The van der Waals surface area contributed by atoms with Crippen molar-refractivity contribution < 1.29 is 18.9 Å². The van der Waals surface area contributed by atoms with E-state index in [2.05, 4.69) is 86.6 Å². The lowest BCUT2D eigenvalue weighted by Crippen LogP contribution is -2.06. The molecule has 0 aromatic heterocycles. The summed E-state index contributed by atoms with van der Waals surface area (Å²) in [5.41, 5.74) is 5.17. The molecular weight excluding hydrogens is 448 g/mol. The van der Waals surface area contributed by atoms with Crippen LogP contribution < -0.4 is 0 Å². The standard InChI is InChI=1S/C32H34O4/c1-21(33-17-31-19-35-31)25-9-11-27-13-23(5-7-29(27)15-25)3-4-24-6-8-30-16-26(10-12-28(30)14-24)22(2)34-18-32-20-36-32/h5-16,21-22,31-32H,3-4,17-20H2,1-2H3. The van der Waals surface area contributed by atoms with E-state index in [1.807, 2.05) is 0 Å². The third-order valence-electron chi connectivity index (χ3n) is 7.37. The third kappa shape index (κ3) is 5.79. The molecule has 4 nitrogen and oxygen atoms in total. The molecule has 0 N–H and O–H groups in total. The normalized spacial score (nSPS) is 20.5. The highest BCUT2D eigenvalue weighted by Gasteiger charge is 2.24. The van der Waals surface area contributed by atoms with E-state index in [4.69, 9.17) is 18.9 Å². The van der Waals surface area contributed by atoms with E-state index in [1.54, 1.807) is 0 Å². The number of rotatable bonds is 11. The molecule has 0 aliphatic carbocycles. The highest BCUT2D eigenvalue weighted by atomic mass is 16.6. The van der Waals surface area contributed by atoms with Gasteiger partial charge in [0.15, 0.2) is 0 Å². The van der Waals surface area contributed by atoms with Crippen LogP contribution in [0.2, 0.25) is 0 Å². The molecule has 0 radical (unpaired) electrons. The predicted octanol–water partition coefficient (Wildman–Crippen LogP) is 6.73. The lowest BCUT2D eigenvalue weighted by atomic mass is 9.97. The fourth-order valence-corrected chi connectivity index (χ4v) is 4.76. The quantitative estimate of drug-likeness (QED) is 0.222. The number of aryl methyl sites for hydroxylation is 2. The fraction of sp³-hybridized carbons (Fsp3) is 0.375. The van der Waals surface area contributed by atoms with Crippen molar-refractivity contribution in [3.63, 3.8) is 0 Å². The van der Waals surface area contributed by atoms with Gasteiger partial charge in [-0.25, -0.2) is 0 Å². The van der Waals surface area contributed by atoms with Gasteiger partial charge in [0.2, 0.25) is 0 Å². The van der Waals surface area contributed by atoms with Crippen LogP contribution in [0.3, 0.4) is 0 Å². The van der Waals surface area contributed by atoms with Gasteiger partial charge in [-0.3, -0.25) is 0 Å². The maximum atomic E-state index is 5.95. The van der Waals surface area contributed by atoms with Crippen LogP contribution in [0.1, 0.15) is 48.3 Å². The number of epoxide rings is 2. The van der Waals surface area contributed by atoms with Crippen LogP contribution in [-0.2, 0) is 31.8 Å². The number of ether oxygens (including phenoxy) is 4. The molecule has 4 heteroatoms. The van der Waals surface area contributed by atoms with E-state index in [0.717, 1.165) is 26.1 Å². The summed E-state index contributed by atoms with van der Waals surface area (Å²) in [6.45, 7) is 7.25. The van der Waals surface area contributed by atoms with Crippen LogP contribution in [0.15, 0.2) is 72.8 Å². The summed E-state index contributed by atoms with van der Waals surface area (Å²) < 4.78 is 22.4. The molecule has 6 rings (SSSR count). The largest absolute Gasteiger partial charge is 0.371 e. The average molecular weight is 483 g/mol. The van der Waals surface area contributed by atoms with Crippen molar-refractivity contribution in [2.75, 3.05) is 26.4 Å². The van der Waals surface area contributed by atoms with Crippen LogP contribution in [0.5, 0.6) is 0 Å². The van der Waals surface area contributed by atoms with Gasteiger partial charge < -0.3 is 18.9 Å². The second kappa shape index (κ2) is 10.3. The first-order chi connectivity index (χ1) is 17.6. The van der Waals surface area contributed by atoms with Crippen molar-refractivity contribution in [3.05, 3.63) is 95.1 Å². The van der Waals surface area contributed by atoms with Crippen molar-refractivity contribution in [3.8, 4) is 0 Å². The monoisotopic (exact) mass is 482 g/mol. The van der Waals surface area contributed by atoms with E-state index in [0.29, 0.717) is 25.4 Å². The number of benzene rings is 4. The van der Waals surface area contributed by atoms with Gasteiger partial charge in [0.05, 0.1) is 38.6 Å². The number of hydrogen-bond acceptors (Lipinski definition) is 4. The Kier molecular flexibility index (Phi) is 6.77. The molecule has 2 saturated heterocycles. The Hall–Kier alpha value is -2.76. The van der Waals surface area contributed by atoms with Gasteiger partial charge in [0.1, 0.15) is 12.2 Å². The van der Waals surface area contributed by atoms with Crippen molar-refractivity contribution in [1.29, 1.82) is 0 Å². The van der Waals surface area contributed by atoms with E-state index in [1.165, 1.54) is 43.8 Å². The zero-order valence-corrected chi connectivity index (χ0v) is 21.1. The van der Waals surface area contributed by atoms with Crippen molar-refractivity contribution in [1.82, 2.24) is 0 Å². The number of fused-ring (bicyclic) bond motifs is 2. The molecular formula is C32H34O4. The highest BCUT2D eigenvalue weighted by Crippen LogP contribution is 2.27. The van der Waals surface area contributed by atoms with Crippen LogP contribution in [0.4, 0.5) is 0 Å². The van der Waals surface area contributed by atoms with Crippen LogP contribution in [0, 0.1) is 0 Å². The van der Waals surface area contributed by atoms with Gasteiger partial charge in [-0.2, -0.15) is 0 Å². The Morgan fingerprint density at radius 2 is 1.00 bits per heavy atom. The van der Waals surface area contributed by atoms with Gasteiger partial charge in [0.25, 0.3) is 0 Å². The second-order valence-electron chi connectivity index (χ2n) is 10.2. The summed E-state index contributed by atoms with van der Waals surface area (Å²) in [6, 6.07) is 27.0. The molecule has 4 aromatic rings. The zero-order valence-electron chi connectivity index (χ0n) is 21.1. The Bertz CT molecular complexity index is 1250. The Balaban J connectivity index is 1.09. The van der Waals surface area contributed by atoms with E-state index >= 15 is 0 Å². The first-order valence-electron chi connectivity index (χ1n) is 13.1. The zero-order chi connectivity index (χ0) is 24.5. The average Bonchev–Trinajstić information content (AvgIpc) is 3.84. The molecule has 0 spiro atoms. The second-order valence-corrected chi connectivity index (χ2v) is 10.2. The summed E-state index contributed by atoms with van der Waals surface area (Å²) in [6.07, 6.45) is 2.80. The molecule has 2 heterocycles. The Labute approximate surface area is 213 Å². The molecule has 4 unspecified atom stereocenters. The minimum Gasteiger partial charge on any atom is -0.371 e. The molecule has 186 valence electrons. The van der Waals surface area contributed by atoms with E-state index in [-0.39, 0.29) is 12.2 Å². The lowest BCUT2D eigenvalue weighted by Gasteiger charge is -2.14. The van der Waals surface area contributed by atoms with Gasteiger partial charge >= 0.3 is 0 Å². The Morgan fingerprint density at radius 1 is 0.611 bits per heavy atom. The summed E-state index contributed by atoms with van der Waals surface area (Å²) in [5, 5.41) is 5.09. The molecule has 2 fully saturated rings. The van der Waals surface area contributed by atoms with Gasteiger partial charge in [-0.1, -0.05) is 60.7 Å². The topological polar surface area (TPSA) is 43.5 Å². The Morgan fingerprint density at radius 3 is 1.42 bits per heavy atom. The van der Waals surface area contributed by atoms with Gasteiger partial charge in [-0.05, 0) is 82.6 Å². The minimum absolute atomic E-state index is 0.0790. The lowest BCUT2D eigenvalue weighted by molar-refractivity contribution is 0.0540. The van der Waals surface area contributed by atoms with Crippen molar-refractivity contribution in [2.45, 2.75) is 51.1 Å². The smallest absolute Gasteiger partial charge is 0.104 e. The fourth-order valence-electron chi connectivity index (χ4n) is 4.76. The highest BCUT2D eigenvalue weighted by molar-refractivity contribution is 5.85. The molecule has 36 heavy (non-hydrogen) atoms. The molecule has 0 bridgehead atoms. The molecule has 0 saturated carbocycles. The summed E-state index contributed by atoms with van der Waals surface area (Å²) in [4.78, 5) is 0. The molecule has 2 aliphatic heterocycles. The first kappa shape index (κ1) is 23.6. The first-order valence-corrected chi connectivity index (χ1v) is 13.1. The van der Waals surface area contributed by atoms with E-state index in [9.17, 15) is 0 Å². The number of hydrogen-bond donors (Lipinski definition) is 0. The van der Waals surface area contributed by atoms with Crippen molar-refractivity contribution >= 4 is 21.5 Å². The maximum absolute atomic E-state index is 5.95. The molecule has 4 atom stereocenters. The van der Waals surface area contributed by atoms with Crippen LogP contribution in [-0.4, -0.2) is 38.6 Å². The van der Waals surface area contributed by atoms with Gasteiger partial charge in [0, 0.05) is 0 Å². The SMILES string of the molecule is CC(OCC1CO1)c1ccc2cc(CCc3ccc4cc(C(C)OCC5CO5)ccc4c3)ccc2c1. The minimum atomic E-state index is 0.0790. The van der Waals surface area contributed by atoms with Crippen LogP contribution >= 0.6 is 0 Å².